The van der Waals surface area contributed by atoms with Crippen LogP contribution in [0.25, 0.3) is 0 Å². The van der Waals surface area contributed by atoms with Crippen LogP contribution in [0.3, 0.4) is 0 Å². The van der Waals surface area contributed by atoms with Crippen LogP contribution in [0.5, 0.6) is 0 Å². The van der Waals surface area contributed by atoms with Crippen molar-refractivity contribution in [2.24, 2.45) is 5.73 Å². The molecular formula is C8H14N2OS2. The average Bonchev–Trinajstić information content (AvgIpc) is 2.53. The fourth-order valence-corrected chi connectivity index (χ4v) is 2.80. The lowest BCUT2D eigenvalue weighted by molar-refractivity contribution is -0.128. The van der Waals surface area contributed by atoms with E-state index in [0.29, 0.717) is 11.5 Å². The molecule has 5 heteroatoms. The van der Waals surface area contributed by atoms with Crippen LogP contribution in [0, 0.1) is 0 Å². The van der Waals surface area contributed by atoms with Gasteiger partial charge in [-0.05, 0) is 18.6 Å². The van der Waals surface area contributed by atoms with Crippen molar-refractivity contribution in [1.82, 2.24) is 4.90 Å². The van der Waals surface area contributed by atoms with Gasteiger partial charge >= 0.3 is 0 Å². The summed E-state index contributed by atoms with van der Waals surface area (Å²) in [5.74, 6) is 1.26. The Morgan fingerprint density at radius 1 is 1.77 bits per heavy atom. The van der Waals surface area contributed by atoms with E-state index in [0.717, 1.165) is 18.6 Å². The molecule has 0 aromatic heterocycles. The van der Waals surface area contributed by atoms with Gasteiger partial charge < -0.3 is 10.6 Å². The number of amides is 1. The largest absolute Gasteiger partial charge is 0.392 e. The van der Waals surface area contributed by atoms with E-state index in [9.17, 15) is 4.79 Å². The van der Waals surface area contributed by atoms with E-state index < -0.39 is 0 Å². The lowest BCUT2D eigenvalue weighted by atomic mass is 10.2. The lowest BCUT2D eigenvalue weighted by Crippen LogP contribution is -2.38. The van der Waals surface area contributed by atoms with Crippen LogP contribution in [0.2, 0.25) is 0 Å². The average molecular weight is 218 g/mol. The zero-order valence-corrected chi connectivity index (χ0v) is 9.29. The molecule has 1 rings (SSSR count). The smallest absolute Gasteiger partial charge is 0.235 e. The summed E-state index contributed by atoms with van der Waals surface area (Å²) < 4.78 is 0. The standard InChI is InChI=1S/C8H14N2OS2/c1-10(5-7(9)12)8(11)6-3-2-4-13-6/h6H,2-5H2,1H3,(H2,9,12). The summed E-state index contributed by atoms with van der Waals surface area (Å²) >= 11 is 6.47. The number of carbonyl (C=O) groups excluding carboxylic acids is 1. The van der Waals surface area contributed by atoms with Crippen molar-refractivity contribution in [2.75, 3.05) is 19.3 Å². The van der Waals surface area contributed by atoms with Crippen molar-refractivity contribution in [2.45, 2.75) is 18.1 Å². The van der Waals surface area contributed by atoms with Crippen molar-refractivity contribution in [3.8, 4) is 0 Å². The number of nitrogens with two attached hydrogens (primary N) is 1. The maximum atomic E-state index is 11.7. The molecule has 0 radical (unpaired) electrons. The molecule has 0 aromatic carbocycles. The Morgan fingerprint density at radius 2 is 2.46 bits per heavy atom. The topological polar surface area (TPSA) is 46.3 Å². The van der Waals surface area contributed by atoms with Gasteiger partial charge in [0.05, 0.1) is 16.8 Å². The molecule has 0 spiro atoms. The van der Waals surface area contributed by atoms with E-state index in [1.807, 2.05) is 0 Å². The van der Waals surface area contributed by atoms with Gasteiger partial charge in [0.25, 0.3) is 0 Å². The minimum Gasteiger partial charge on any atom is -0.392 e. The highest BCUT2D eigenvalue weighted by molar-refractivity contribution is 8.00. The summed E-state index contributed by atoms with van der Waals surface area (Å²) in [4.78, 5) is 13.7. The first-order valence-electron chi connectivity index (χ1n) is 4.26. The zero-order valence-electron chi connectivity index (χ0n) is 7.66. The molecule has 13 heavy (non-hydrogen) atoms. The van der Waals surface area contributed by atoms with E-state index in [1.54, 1.807) is 23.7 Å². The Bertz CT molecular complexity index is 214. The second-order valence-electron chi connectivity index (χ2n) is 3.16. The predicted molar refractivity (Wildman–Crippen MR) is 59.9 cm³/mol. The first-order valence-corrected chi connectivity index (χ1v) is 5.72. The Balaban J connectivity index is 2.41. The van der Waals surface area contributed by atoms with Crippen LogP contribution in [0.4, 0.5) is 0 Å². The molecule has 2 N–H and O–H groups in total. The number of nitrogens with zero attached hydrogens (tertiary/aromatic N) is 1. The minimum absolute atomic E-state index is 0.138. The third-order valence-corrected chi connectivity index (χ3v) is 3.47. The minimum atomic E-state index is 0.138. The van der Waals surface area contributed by atoms with Crippen LogP contribution in [-0.2, 0) is 4.79 Å². The normalized spacial score (nSPS) is 21.5. The number of carbonyl (C=O) groups is 1. The molecule has 0 aromatic rings. The number of thioether (sulfide) groups is 1. The van der Waals surface area contributed by atoms with Gasteiger partial charge in [-0.15, -0.1) is 11.8 Å². The molecule has 74 valence electrons. The quantitative estimate of drug-likeness (QED) is 0.706. The first kappa shape index (κ1) is 10.8. The third kappa shape index (κ3) is 3.15. The summed E-state index contributed by atoms with van der Waals surface area (Å²) in [5, 5.41) is 0.138. The molecule has 1 heterocycles. The molecule has 1 aliphatic rings. The summed E-state index contributed by atoms with van der Waals surface area (Å²) in [7, 11) is 1.75. The number of hydrogen-bond donors (Lipinski definition) is 1. The Hall–Kier alpha value is -0.290. The van der Waals surface area contributed by atoms with Gasteiger partial charge in [-0.1, -0.05) is 12.2 Å². The Kier molecular flexibility index (Phi) is 3.99. The number of hydrogen-bond acceptors (Lipinski definition) is 3. The van der Waals surface area contributed by atoms with E-state index in [1.165, 1.54) is 0 Å². The van der Waals surface area contributed by atoms with Crippen LogP contribution < -0.4 is 5.73 Å². The molecule has 1 aliphatic heterocycles. The van der Waals surface area contributed by atoms with Crippen molar-refractivity contribution in [1.29, 1.82) is 0 Å². The number of thiocarbonyl (C=S) groups is 1. The fraction of sp³-hybridized carbons (Fsp3) is 0.750. The highest BCUT2D eigenvalue weighted by atomic mass is 32.2. The third-order valence-electron chi connectivity index (χ3n) is 1.97. The molecule has 0 saturated carbocycles. The summed E-state index contributed by atoms with van der Waals surface area (Å²) in [5.41, 5.74) is 5.36. The van der Waals surface area contributed by atoms with Crippen molar-refractivity contribution in [3.63, 3.8) is 0 Å². The molecule has 0 aliphatic carbocycles. The van der Waals surface area contributed by atoms with Crippen LogP contribution in [0.1, 0.15) is 12.8 Å². The van der Waals surface area contributed by atoms with E-state index >= 15 is 0 Å². The maximum absolute atomic E-state index is 11.7. The number of likely N-dealkylation sites (N-methyl/N-ethyl adjacent to an activating group) is 1. The van der Waals surface area contributed by atoms with Gasteiger partial charge in [0.1, 0.15) is 0 Å². The zero-order chi connectivity index (χ0) is 9.84. The van der Waals surface area contributed by atoms with Gasteiger partial charge in [-0.3, -0.25) is 4.79 Å². The molecule has 1 unspecified atom stereocenters. The second kappa shape index (κ2) is 4.81. The summed E-state index contributed by atoms with van der Waals surface area (Å²) in [6.07, 6.45) is 2.13. The molecule has 3 nitrogen and oxygen atoms in total. The predicted octanol–water partition coefficient (Wildman–Crippen LogP) is 0.627. The summed E-state index contributed by atoms with van der Waals surface area (Å²) in [6, 6.07) is 0. The molecule has 1 amide bonds. The van der Waals surface area contributed by atoms with Crippen LogP contribution in [0.15, 0.2) is 0 Å². The van der Waals surface area contributed by atoms with Crippen molar-refractivity contribution in [3.05, 3.63) is 0 Å². The monoisotopic (exact) mass is 218 g/mol. The lowest BCUT2D eigenvalue weighted by Gasteiger charge is -2.19. The van der Waals surface area contributed by atoms with Gasteiger partial charge in [0.15, 0.2) is 0 Å². The van der Waals surface area contributed by atoms with Gasteiger partial charge in [0, 0.05) is 7.05 Å². The van der Waals surface area contributed by atoms with Gasteiger partial charge in [-0.25, -0.2) is 0 Å². The van der Waals surface area contributed by atoms with Crippen molar-refractivity contribution < 1.29 is 4.79 Å². The van der Waals surface area contributed by atoms with E-state index in [-0.39, 0.29) is 11.2 Å². The highest BCUT2D eigenvalue weighted by Crippen LogP contribution is 2.27. The van der Waals surface area contributed by atoms with Crippen molar-refractivity contribution >= 4 is 34.9 Å². The fourth-order valence-electron chi connectivity index (χ4n) is 1.33. The molecule has 0 bridgehead atoms. The molecular weight excluding hydrogens is 204 g/mol. The molecule has 1 atom stereocenters. The van der Waals surface area contributed by atoms with Gasteiger partial charge in [-0.2, -0.15) is 0 Å². The van der Waals surface area contributed by atoms with E-state index in [4.69, 9.17) is 18.0 Å². The summed E-state index contributed by atoms with van der Waals surface area (Å²) in [6.45, 7) is 0.394. The van der Waals surface area contributed by atoms with Crippen LogP contribution >= 0.6 is 24.0 Å². The second-order valence-corrected chi connectivity index (χ2v) is 5.00. The SMILES string of the molecule is CN(CC(N)=S)C(=O)C1CCCS1. The van der Waals surface area contributed by atoms with Crippen LogP contribution in [-0.4, -0.2) is 40.4 Å². The number of rotatable bonds is 3. The van der Waals surface area contributed by atoms with Gasteiger partial charge in [0.2, 0.25) is 5.91 Å². The molecule has 1 saturated heterocycles. The Morgan fingerprint density at radius 3 is 2.92 bits per heavy atom. The Labute approximate surface area is 88.0 Å². The molecule has 1 fully saturated rings. The highest BCUT2D eigenvalue weighted by Gasteiger charge is 2.25. The van der Waals surface area contributed by atoms with E-state index in [2.05, 4.69) is 0 Å². The first-order chi connectivity index (χ1) is 6.11. The maximum Gasteiger partial charge on any atom is 0.235 e.